The summed E-state index contributed by atoms with van der Waals surface area (Å²) in [6.45, 7) is 5.46. The van der Waals surface area contributed by atoms with Crippen LogP contribution in [0.4, 0.5) is 5.69 Å². The predicted octanol–water partition coefficient (Wildman–Crippen LogP) is 1.39. The summed E-state index contributed by atoms with van der Waals surface area (Å²) in [4.78, 5) is 11.8. The molecule has 1 rings (SSSR count). The molecule has 0 aliphatic carbocycles. The molecule has 0 saturated carbocycles. The molecule has 0 spiro atoms. The maximum Gasteiger partial charge on any atom is 0.251 e. The highest BCUT2D eigenvalue weighted by Crippen LogP contribution is 2.18. The van der Waals surface area contributed by atoms with Gasteiger partial charge in [-0.3, -0.25) is 9.10 Å². The van der Waals surface area contributed by atoms with Crippen LogP contribution >= 0.6 is 0 Å². The van der Waals surface area contributed by atoms with Crippen molar-refractivity contribution in [2.75, 3.05) is 23.7 Å². The van der Waals surface area contributed by atoms with E-state index in [4.69, 9.17) is 0 Å². The first-order chi connectivity index (χ1) is 8.92. The van der Waals surface area contributed by atoms with Gasteiger partial charge in [-0.25, -0.2) is 8.42 Å². The fourth-order valence-electron chi connectivity index (χ4n) is 1.46. The number of sulfonamides is 1. The molecule has 0 saturated heterocycles. The lowest BCUT2D eigenvalue weighted by Crippen LogP contribution is -2.28. The van der Waals surface area contributed by atoms with Gasteiger partial charge in [-0.2, -0.15) is 0 Å². The second-order valence-electron chi connectivity index (χ2n) is 3.92. The number of nitrogens with zero attached hydrogens (tertiary/aromatic N) is 1. The summed E-state index contributed by atoms with van der Waals surface area (Å²) in [5.74, 6) is -0.250. The Kier molecular flexibility index (Phi) is 5.11. The number of nitrogens with one attached hydrogen (secondary N) is 1. The third-order valence-electron chi connectivity index (χ3n) is 2.66. The monoisotopic (exact) mass is 282 g/mol. The summed E-state index contributed by atoms with van der Waals surface area (Å²) in [6, 6.07) is 6.48. The normalized spacial score (nSPS) is 10.8. The Morgan fingerprint density at radius 1 is 1.47 bits per heavy atom. The zero-order valence-corrected chi connectivity index (χ0v) is 11.9. The maximum atomic E-state index is 11.8. The van der Waals surface area contributed by atoms with E-state index in [2.05, 4.69) is 11.9 Å². The molecule has 1 N–H and O–H groups in total. The van der Waals surface area contributed by atoms with Crippen LogP contribution in [0.2, 0.25) is 0 Å². The average Bonchev–Trinajstić information content (AvgIpc) is 2.43. The molecular weight excluding hydrogens is 264 g/mol. The van der Waals surface area contributed by atoms with Crippen LogP contribution in [0.5, 0.6) is 0 Å². The van der Waals surface area contributed by atoms with Gasteiger partial charge >= 0.3 is 0 Å². The molecule has 0 radical (unpaired) electrons. The summed E-state index contributed by atoms with van der Waals surface area (Å²) in [7, 11) is -1.85. The van der Waals surface area contributed by atoms with Crippen molar-refractivity contribution in [1.82, 2.24) is 5.32 Å². The van der Waals surface area contributed by atoms with Crippen LogP contribution in [-0.4, -0.2) is 33.7 Å². The van der Waals surface area contributed by atoms with Crippen molar-refractivity contribution in [3.05, 3.63) is 42.5 Å². The second kappa shape index (κ2) is 6.38. The first-order valence-electron chi connectivity index (χ1n) is 5.88. The highest BCUT2D eigenvalue weighted by molar-refractivity contribution is 7.92. The molecule has 5 nitrogen and oxygen atoms in total. The van der Waals surface area contributed by atoms with Gasteiger partial charge in [-0.15, -0.1) is 6.58 Å². The molecule has 0 aliphatic rings. The smallest absolute Gasteiger partial charge is 0.251 e. The van der Waals surface area contributed by atoms with Gasteiger partial charge in [0.2, 0.25) is 10.0 Å². The van der Waals surface area contributed by atoms with Gasteiger partial charge in [0.1, 0.15) is 0 Å². The largest absolute Gasteiger partial charge is 0.349 e. The van der Waals surface area contributed by atoms with E-state index in [1.165, 1.54) is 11.4 Å². The number of carbonyl (C=O) groups is 1. The van der Waals surface area contributed by atoms with Crippen LogP contribution in [0.25, 0.3) is 0 Å². The Balaban J connectivity index is 3.00. The van der Waals surface area contributed by atoms with Crippen LogP contribution in [0.1, 0.15) is 17.3 Å². The quantitative estimate of drug-likeness (QED) is 0.802. The minimum absolute atomic E-state index is 0.0103. The number of anilines is 1. The molecule has 0 fully saturated rings. The molecule has 0 aliphatic heterocycles. The lowest BCUT2D eigenvalue weighted by Gasteiger charge is -2.18. The first-order valence-corrected chi connectivity index (χ1v) is 7.49. The summed E-state index contributed by atoms with van der Waals surface area (Å²) in [6.07, 6.45) is 1.58. The van der Waals surface area contributed by atoms with Gasteiger partial charge in [0, 0.05) is 19.2 Å². The molecule has 1 amide bonds. The van der Waals surface area contributed by atoms with Crippen LogP contribution in [0.3, 0.4) is 0 Å². The molecule has 0 bridgehead atoms. The standard InChI is InChI=1S/C13H18N2O3S/c1-4-9-14-13(16)11-7-6-8-12(10-11)15(3)19(17,18)5-2/h4,6-8,10H,1,5,9H2,2-3H3,(H,14,16). The summed E-state index contributed by atoms with van der Waals surface area (Å²) < 4.78 is 24.7. The number of hydrogen-bond donors (Lipinski definition) is 1. The van der Waals surface area contributed by atoms with E-state index in [1.54, 1.807) is 37.3 Å². The molecule has 0 heterocycles. The van der Waals surface area contributed by atoms with Crippen molar-refractivity contribution in [2.45, 2.75) is 6.92 Å². The van der Waals surface area contributed by atoms with Crippen LogP contribution in [-0.2, 0) is 10.0 Å². The van der Waals surface area contributed by atoms with Crippen LogP contribution in [0, 0.1) is 0 Å². The Morgan fingerprint density at radius 3 is 2.74 bits per heavy atom. The summed E-state index contributed by atoms with van der Waals surface area (Å²) in [5, 5.41) is 2.64. The third kappa shape index (κ3) is 3.82. The molecule has 104 valence electrons. The van der Waals surface area contributed by atoms with Gasteiger partial charge in [0.15, 0.2) is 0 Å². The Bertz CT molecular complexity index is 567. The van der Waals surface area contributed by atoms with Crippen LogP contribution < -0.4 is 9.62 Å². The maximum absolute atomic E-state index is 11.8. The van der Waals surface area contributed by atoms with Crippen molar-refractivity contribution in [3.63, 3.8) is 0 Å². The lowest BCUT2D eigenvalue weighted by atomic mass is 10.2. The van der Waals surface area contributed by atoms with Gasteiger partial charge < -0.3 is 5.32 Å². The molecule has 0 unspecified atom stereocenters. The fraction of sp³-hybridized carbons (Fsp3) is 0.308. The second-order valence-corrected chi connectivity index (χ2v) is 6.21. The van der Waals surface area contributed by atoms with Gasteiger partial charge in [0.25, 0.3) is 5.91 Å². The highest BCUT2D eigenvalue weighted by Gasteiger charge is 2.16. The topological polar surface area (TPSA) is 66.5 Å². The molecule has 6 heteroatoms. The molecule has 1 aromatic carbocycles. The molecule has 19 heavy (non-hydrogen) atoms. The third-order valence-corrected chi connectivity index (χ3v) is 4.44. The Hall–Kier alpha value is -1.82. The minimum atomic E-state index is -3.33. The van der Waals surface area contributed by atoms with Crippen molar-refractivity contribution in [1.29, 1.82) is 0 Å². The van der Waals surface area contributed by atoms with E-state index >= 15 is 0 Å². The van der Waals surface area contributed by atoms with Gasteiger partial charge in [-0.1, -0.05) is 12.1 Å². The number of hydrogen-bond acceptors (Lipinski definition) is 3. The Labute approximate surface area is 114 Å². The van der Waals surface area contributed by atoms with E-state index in [-0.39, 0.29) is 11.7 Å². The van der Waals surface area contributed by atoms with Crippen molar-refractivity contribution >= 4 is 21.6 Å². The van der Waals surface area contributed by atoms with Crippen molar-refractivity contribution < 1.29 is 13.2 Å². The van der Waals surface area contributed by atoms with E-state index in [9.17, 15) is 13.2 Å². The Morgan fingerprint density at radius 2 is 2.16 bits per heavy atom. The first kappa shape index (κ1) is 15.2. The molecule has 0 aromatic heterocycles. The highest BCUT2D eigenvalue weighted by atomic mass is 32.2. The lowest BCUT2D eigenvalue weighted by molar-refractivity contribution is 0.0958. The number of amides is 1. The van der Waals surface area contributed by atoms with Crippen LogP contribution in [0.15, 0.2) is 36.9 Å². The summed E-state index contributed by atoms with van der Waals surface area (Å²) in [5.41, 5.74) is 0.880. The zero-order valence-electron chi connectivity index (χ0n) is 11.1. The van der Waals surface area contributed by atoms with E-state index in [1.807, 2.05) is 0 Å². The van der Waals surface area contributed by atoms with Crippen molar-refractivity contribution in [2.24, 2.45) is 0 Å². The van der Waals surface area contributed by atoms with Gasteiger partial charge in [-0.05, 0) is 25.1 Å². The molecule has 0 atom stereocenters. The predicted molar refractivity (Wildman–Crippen MR) is 76.8 cm³/mol. The van der Waals surface area contributed by atoms with E-state index in [0.717, 1.165) is 0 Å². The average molecular weight is 282 g/mol. The van der Waals surface area contributed by atoms with E-state index < -0.39 is 10.0 Å². The number of carbonyl (C=O) groups excluding carboxylic acids is 1. The zero-order chi connectivity index (χ0) is 14.5. The molecule has 1 aromatic rings. The minimum Gasteiger partial charge on any atom is -0.349 e. The van der Waals surface area contributed by atoms with Crippen molar-refractivity contribution in [3.8, 4) is 0 Å². The number of rotatable bonds is 6. The van der Waals surface area contributed by atoms with Gasteiger partial charge in [0.05, 0.1) is 11.4 Å². The fourth-order valence-corrected chi connectivity index (χ4v) is 2.29. The SMILES string of the molecule is C=CCNC(=O)c1cccc(N(C)S(=O)(=O)CC)c1. The van der Waals surface area contributed by atoms with E-state index in [0.29, 0.717) is 17.8 Å². The summed E-state index contributed by atoms with van der Waals surface area (Å²) >= 11 is 0. The molecular formula is C13H18N2O3S. The number of benzene rings is 1.